The molecule has 1 heterocycles. The van der Waals surface area contributed by atoms with Crippen LogP contribution in [-0.4, -0.2) is 37.1 Å². The van der Waals surface area contributed by atoms with E-state index in [2.05, 4.69) is 11.5 Å². The first-order valence-corrected chi connectivity index (χ1v) is 5.97. The number of nitrogens with zero attached hydrogens (tertiary/aromatic N) is 1. The van der Waals surface area contributed by atoms with E-state index in [4.69, 9.17) is 4.74 Å². The molecule has 16 heavy (non-hydrogen) atoms. The summed E-state index contributed by atoms with van der Waals surface area (Å²) >= 11 is 0. The van der Waals surface area contributed by atoms with E-state index in [0.29, 0.717) is 6.61 Å². The average molecular weight is 223 g/mol. The number of esters is 1. The van der Waals surface area contributed by atoms with E-state index in [1.54, 1.807) is 13.0 Å². The van der Waals surface area contributed by atoms with E-state index in [9.17, 15) is 4.79 Å². The molecule has 1 fully saturated rings. The Bertz CT molecular complexity index is 265. The van der Waals surface area contributed by atoms with Crippen molar-refractivity contribution in [3.05, 3.63) is 24.3 Å². The van der Waals surface area contributed by atoms with E-state index in [1.807, 2.05) is 0 Å². The first-order chi connectivity index (χ1) is 7.72. The number of carbonyl (C=O) groups excluding carboxylic acids is 1. The fourth-order valence-corrected chi connectivity index (χ4v) is 1.83. The molecule has 0 unspecified atom stereocenters. The second-order valence-corrected chi connectivity index (χ2v) is 4.08. The van der Waals surface area contributed by atoms with Crippen molar-refractivity contribution in [1.29, 1.82) is 0 Å². The highest BCUT2D eigenvalue weighted by Gasteiger charge is 2.09. The fraction of sp³-hybridized carbons (Fsp3) is 0.615. The van der Waals surface area contributed by atoms with Crippen molar-refractivity contribution in [2.24, 2.45) is 0 Å². The van der Waals surface area contributed by atoms with E-state index in [1.165, 1.54) is 25.3 Å². The molecule has 0 N–H and O–H groups in total. The summed E-state index contributed by atoms with van der Waals surface area (Å²) in [6.45, 7) is 9.31. The van der Waals surface area contributed by atoms with Crippen LogP contribution in [0, 0.1) is 0 Å². The lowest BCUT2D eigenvalue weighted by molar-refractivity contribution is -0.137. The summed E-state index contributed by atoms with van der Waals surface area (Å²) in [6, 6.07) is 0. The van der Waals surface area contributed by atoms with Gasteiger partial charge in [0.15, 0.2) is 0 Å². The Kier molecular flexibility index (Phi) is 5.86. The van der Waals surface area contributed by atoms with Gasteiger partial charge in [-0.2, -0.15) is 0 Å². The van der Waals surface area contributed by atoms with Crippen molar-refractivity contribution in [2.75, 3.05) is 26.2 Å². The maximum atomic E-state index is 11.1. The molecule has 0 atom stereocenters. The number of piperidine rings is 1. The van der Waals surface area contributed by atoms with E-state index >= 15 is 0 Å². The number of likely N-dealkylation sites (tertiary alicyclic amines) is 1. The molecule has 0 amide bonds. The minimum atomic E-state index is -0.290. The van der Waals surface area contributed by atoms with E-state index < -0.39 is 0 Å². The Labute approximate surface area is 97.8 Å². The molecule has 3 nitrogen and oxygen atoms in total. The van der Waals surface area contributed by atoms with Gasteiger partial charge in [0.1, 0.15) is 0 Å². The average Bonchev–Trinajstić information content (AvgIpc) is 2.28. The molecule has 0 bridgehead atoms. The second kappa shape index (κ2) is 7.23. The number of hydrogen-bond acceptors (Lipinski definition) is 3. The molecule has 0 saturated carbocycles. The van der Waals surface area contributed by atoms with Crippen LogP contribution in [0.2, 0.25) is 0 Å². The Hall–Kier alpha value is -1.09. The summed E-state index contributed by atoms with van der Waals surface area (Å²) in [6.07, 6.45) is 7.09. The number of ether oxygens (including phenoxy) is 1. The molecule has 0 aromatic rings. The van der Waals surface area contributed by atoms with Crippen LogP contribution in [0.4, 0.5) is 0 Å². The molecule has 0 aromatic carbocycles. The first-order valence-electron chi connectivity index (χ1n) is 5.97. The highest BCUT2D eigenvalue weighted by atomic mass is 16.5. The number of hydrogen-bond donors (Lipinski definition) is 0. The summed E-state index contributed by atoms with van der Waals surface area (Å²) in [7, 11) is 0. The highest BCUT2D eigenvalue weighted by molar-refractivity contribution is 5.82. The maximum Gasteiger partial charge on any atom is 0.330 e. The van der Waals surface area contributed by atoms with Crippen molar-refractivity contribution >= 4 is 5.97 Å². The SMILES string of the molecule is C=C(/C=C/C(=O)OCC)CN1CCCCC1. The molecule has 3 heteroatoms. The van der Waals surface area contributed by atoms with Gasteiger partial charge in [-0.3, -0.25) is 4.90 Å². The van der Waals surface area contributed by atoms with Crippen molar-refractivity contribution < 1.29 is 9.53 Å². The third-order valence-corrected chi connectivity index (χ3v) is 2.62. The Morgan fingerprint density at radius 2 is 2.00 bits per heavy atom. The van der Waals surface area contributed by atoms with Gasteiger partial charge in [-0.05, 0) is 38.4 Å². The number of carbonyl (C=O) groups is 1. The predicted octanol–water partition coefficient (Wildman–Crippen LogP) is 2.15. The maximum absolute atomic E-state index is 11.1. The van der Waals surface area contributed by atoms with Crippen molar-refractivity contribution in [2.45, 2.75) is 26.2 Å². The van der Waals surface area contributed by atoms with Crippen LogP contribution in [0.25, 0.3) is 0 Å². The molecule has 0 aromatic heterocycles. The lowest BCUT2D eigenvalue weighted by Gasteiger charge is -2.26. The van der Waals surface area contributed by atoms with E-state index in [0.717, 1.165) is 25.2 Å². The predicted molar refractivity (Wildman–Crippen MR) is 65.2 cm³/mol. The van der Waals surface area contributed by atoms with Gasteiger partial charge in [-0.25, -0.2) is 4.79 Å². The topological polar surface area (TPSA) is 29.5 Å². The minimum Gasteiger partial charge on any atom is -0.463 e. The van der Waals surface area contributed by atoms with Gasteiger partial charge in [0.25, 0.3) is 0 Å². The lowest BCUT2D eigenvalue weighted by atomic mass is 10.1. The van der Waals surface area contributed by atoms with Crippen LogP contribution in [0.15, 0.2) is 24.3 Å². The largest absolute Gasteiger partial charge is 0.463 e. The first kappa shape index (κ1) is 13.0. The van der Waals surface area contributed by atoms with Gasteiger partial charge in [-0.15, -0.1) is 0 Å². The van der Waals surface area contributed by atoms with Crippen LogP contribution >= 0.6 is 0 Å². The molecule has 1 saturated heterocycles. The zero-order valence-corrected chi connectivity index (χ0v) is 10.1. The minimum absolute atomic E-state index is 0.290. The second-order valence-electron chi connectivity index (χ2n) is 4.08. The Balaban J connectivity index is 2.26. The molecule has 90 valence electrons. The molecule has 0 spiro atoms. The van der Waals surface area contributed by atoms with Gasteiger partial charge in [-0.1, -0.05) is 19.1 Å². The Morgan fingerprint density at radius 3 is 2.62 bits per heavy atom. The monoisotopic (exact) mass is 223 g/mol. The summed E-state index contributed by atoms with van der Waals surface area (Å²) in [4.78, 5) is 13.5. The van der Waals surface area contributed by atoms with E-state index in [-0.39, 0.29) is 5.97 Å². The number of rotatable bonds is 5. The molecule has 1 rings (SSSR count). The zero-order valence-electron chi connectivity index (χ0n) is 10.1. The van der Waals surface area contributed by atoms with Crippen LogP contribution in [0.5, 0.6) is 0 Å². The van der Waals surface area contributed by atoms with Gasteiger partial charge in [0.05, 0.1) is 6.61 Å². The van der Waals surface area contributed by atoms with Crippen LogP contribution < -0.4 is 0 Å². The molecular weight excluding hydrogens is 202 g/mol. The van der Waals surface area contributed by atoms with Crippen molar-refractivity contribution in [1.82, 2.24) is 4.90 Å². The molecule has 1 aliphatic rings. The highest BCUT2D eigenvalue weighted by Crippen LogP contribution is 2.10. The van der Waals surface area contributed by atoms with Crippen molar-refractivity contribution in [3.8, 4) is 0 Å². The van der Waals surface area contributed by atoms with Crippen molar-refractivity contribution in [3.63, 3.8) is 0 Å². The normalized spacial score (nSPS) is 17.6. The Morgan fingerprint density at radius 1 is 1.31 bits per heavy atom. The van der Waals surface area contributed by atoms with Crippen LogP contribution in [-0.2, 0) is 9.53 Å². The smallest absolute Gasteiger partial charge is 0.330 e. The summed E-state index contributed by atoms with van der Waals surface area (Å²) in [5.41, 5.74) is 0.968. The molecule has 0 radical (unpaired) electrons. The van der Waals surface area contributed by atoms with Gasteiger partial charge in [0.2, 0.25) is 0 Å². The zero-order chi connectivity index (χ0) is 11.8. The van der Waals surface area contributed by atoms with Crippen LogP contribution in [0.3, 0.4) is 0 Å². The van der Waals surface area contributed by atoms with Crippen LogP contribution in [0.1, 0.15) is 26.2 Å². The summed E-state index contributed by atoms with van der Waals surface area (Å²) in [5, 5.41) is 0. The third kappa shape index (κ3) is 5.12. The van der Waals surface area contributed by atoms with Gasteiger partial charge < -0.3 is 4.74 Å². The quantitative estimate of drug-likeness (QED) is 0.406. The fourth-order valence-electron chi connectivity index (χ4n) is 1.83. The standard InChI is InChI=1S/C13H21NO2/c1-3-16-13(15)8-7-12(2)11-14-9-5-4-6-10-14/h7-8H,2-6,9-11H2,1H3/b8-7+. The lowest BCUT2D eigenvalue weighted by Crippen LogP contribution is -2.31. The summed E-state index contributed by atoms with van der Waals surface area (Å²) < 4.78 is 4.80. The molecule has 0 aliphatic carbocycles. The third-order valence-electron chi connectivity index (χ3n) is 2.62. The summed E-state index contributed by atoms with van der Waals surface area (Å²) in [5.74, 6) is -0.290. The molecule has 1 aliphatic heterocycles. The molecular formula is C13H21NO2. The van der Waals surface area contributed by atoms with Gasteiger partial charge >= 0.3 is 5.97 Å². The van der Waals surface area contributed by atoms with Gasteiger partial charge in [0, 0.05) is 12.6 Å².